The lowest BCUT2D eigenvalue weighted by Gasteiger charge is -2.27. The minimum Gasteiger partial charge on any atom is -0.353 e. The molecule has 1 aliphatic heterocycles. The number of carbonyl (C=O) groups is 1. The van der Waals surface area contributed by atoms with Crippen molar-refractivity contribution in [2.45, 2.75) is 59.0 Å². The number of carbonyl (C=O) groups excluding carboxylic acids is 1. The quantitative estimate of drug-likeness (QED) is 0.704. The number of amides is 1. The summed E-state index contributed by atoms with van der Waals surface area (Å²) >= 11 is 0. The topological polar surface area (TPSA) is 44.4 Å². The van der Waals surface area contributed by atoms with Crippen molar-refractivity contribution in [1.29, 1.82) is 0 Å². The van der Waals surface area contributed by atoms with E-state index in [2.05, 4.69) is 43.2 Å². The van der Waals surface area contributed by atoms with Crippen molar-refractivity contribution in [3.05, 3.63) is 0 Å². The van der Waals surface area contributed by atoms with Crippen LogP contribution < -0.4 is 10.6 Å². The van der Waals surface area contributed by atoms with Gasteiger partial charge in [0.15, 0.2) is 0 Å². The standard InChI is InChI=1S/C15H31N3O/c1-5-13(4)17-15(19)11-18(9-12(2)3)10-14-7-6-8-16-14/h12-14,16H,5-11H2,1-4H3,(H,17,19). The molecule has 1 saturated heterocycles. The molecule has 1 heterocycles. The maximum absolute atomic E-state index is 12.0. The fraction of sp³-hybridized carbons (Fsp3) is 0.933. The molecule has 0 radical (unpaired) electrons. The Labute approximate surface area is 118 Å². The first-order chi connectivity index (χ1) is 9.01. The second kappa shape index (κ2) is 8.54. The number of nitrogens with zero attached hydrogens (tertiary/aromatic N) is 1. The van der Waals surface area contributed by atoms with Crippen molar-refractivity contribution < 1.29 is 4.79 Å². The Balaban J connectivity index is 2.41. The molecule has 1 amide bonds. The van der Waals surface area contributed by atoms with E-state index in [4.69, 9.17) is 0 Å². The van der Waals surface area contributed by atoms with E-state index in [-0.39, 0.29) is 11.9 Å². The molecule has 0 saturated carbocycles. The van der Waals surface area contributed by atoms with Gasteiger partial charge in [0, 0.05) is 25.2 Å². The lowest BCUT2D eigenvalue weighted by atomic mass is 10.1. The van der Waals surface area contributed by atoms with Crippen molar-refractivity contribution in [3.63, 3.8) is 0 Å². The first-order valence-corrected chi connectivity index (χ1v) is 7.76. The minimum absolute atomic E-state index is 0.160. The lowest BCUT2D eigenvalue weighted by molar-refractivity contribution is -0.123. The predicted octanol–water partition coefficient (Wildman–Crippen LogP) is 1.61. The first-order valence-electron chi connectivity index (χ1n) is 7.76. The molecule has 2 atom stereocenters. The van der Waals surface area contributed by atoms with E-state index < -0.39 is 0 Å². The van der Waals surface area contributed by atoms with Crippen molar-refractivity contribution in [1.82, 2.24) is 15.5 Å². The summed E-state index contributed by atoms with van der Waals surface area (Å²) in [6.45, 7) is 12.2. The average molecular weight is 269 g/mol. The molecule has 112 valence electrons. The summed E-state index contributed by atoms with van der Waals surface area (Å²) in [4.78, 5) is 14.3. The van der Waals surface area contributed by atoms with Crippen LogP contribution in [0.5, 0.6) is 0 Å². The van der Waals surface area contributed by atoms with E-state index >= 15 is 0 Å². The zero-order valence-electron chi connectivity index (χ0n) is 13.0. The lowest BCUT2D eigenvalue weighted by Crippen LogP contribution is -2.46. The highest BCUT2D eigenvalue weighted by atomic mass is 16.2. The third-order valence-corrected chi connectivity index (χ3v) is 3.65. The van der Waals surface area contributed by atoms with Crippen molar-refractivity contribution in [2.24, 2.45) is 5.92 Å². The molecule has 0 bridgehead atoms. The summed E-state index contributed by atoms with van der Waals surface area (Å²) in [6.07, 6.45) is 3.49. The van der Waals surface area contributed by atoms with E-state index in [9.17, 15) is 4.79 Å². The molecule has 0 aromatic rings. The van der Waals surface area contributed by atoms with Crippen LogP contribution in [0.4, 0.5) is 0 Å². The van der Waals surface area contributed by atoms with Crippen LogP contribution >= 0.6 is 0 Å². The number of hydrogen-bond acceptors (Lipinski definition) is 3. The minimum atomic E-state index is 0.160. The third kappa shape index (κ3) is 6.92. The Hall–Kier alpha value is -0.610. The molecule has 2 N–H and O–H groups in total. The molecule has 19 heavy (non-hydrogen) atoms. The second-order valence-electron chi connectivity index (χ2n) is 6.26. The van der Waals surface area contributed by atoms with Gasteiger partial charge < -0.3 is 10.6 Å². The zero-order valence-corrected chi connectivity index (χ0v) is 13.0. The van der Waals surface area contributed by atoms with Gasteiger partial charge in [0.25, 0.3) is 0 Å². The van der Waals surface area contributed by atoms with Gasteiger partial charge in [-0.05, 0) is 38.6 Å². The number of nitrogens with one attached hydrogen (secondary N) is 2. The molecule has 0 spiro atoms. The molecule has 0 aromatic heterocycles. The Morgan fingerprint density at radius 2 is 2.16 bits per heavy atom. The summed E-state index contributed by atoms with van der Waals surface area (Å²) in [5, 5.41) is 6.57. The van der Waals surface area contributed by atoms with Crippen LogP contribution in [0.1, 0.15) is 47.0 Å². The molecule has 1 rings (SSSR count). The van der Waals surface area contributed by atoms with Crippen LogP contribution in [0.15, 0.2) is 0 Å². The molecular weight excluding hydrogens is 238 g/mol. The van der Waals surface area contributed by atoms with Crippen molar-refractivity contribution >= 4 is 5.91 Å². The van der Waals surface area contributed by atoms with Crippen LogP contribution in [-0.4, -0.2) is 49.1 Å². The average Bonchev–Trinajstić information content (AvgIpc) is 2.80. The molecule has 2 unspecified atom stereocenters. The fourth-order valence-electron chi connectivity index (χ4n) is 2.57. The number of rotatable bonds is 8. The second-order valence-corrected chi connectivity index (χ2v) is 6.26. The number of hydrogen-bond donors (Lipinski definition) is 2. The molecule has 0 aliphatic carbocycles. The smallest absolute Gasteiger partial charge is 0.234 e. The predicted molar refractivity (Wildman–Crippen MR) is 80.2 cm³/mol. The van der Waals surface area contributed by atoms with Crippen LogP contribution in [0.25, 0.3) is 0 Å². The first kappa shape index (κ1) is 16.4. The summed E-state index contributed by atoms with van der Waals surface area (Å²) < 4.78 is 0. The van der Waals surface area contributed by atoms with E-state index in [1.165, 1.54) is 12.8 Å². The normalized spacial score (nSPS) is 21.1. The van der Waals surface area contributed by atoms with Crippen LogP contribution in [0.3, 0.4) is 0 Å². The Bertz CT molecular complexity index is 262. The van der Waals surface area contributed by atoms with Gasteiger partial charge in [-0.1, -0.05) is 20.8 Å². The van der Waals surface area contributed by atoms with Crippen molar-refractivity contribution in [3.8, 4) is 0 Å². The van der Waals surface area contributed by atoms with Gasteiger partial charge in [-0.2, -0.15) is 0 Å². The summed E-state index contributed by atoms with van der Waals surface area (Å²) in [5.74, 6) is 0.755. The highest BCUT2D eigenvalue weighted by molar-refractivity contribution is 5.78. The Morgan fingerprint density at radius 1 is 1.42 bits per heavy atom. The van der Waals surface area contributed by atoms with Gasteiger partial charge in [0.2, 0.25) is 5.91 Å². The van der Waals surface area contributed by atoms with Crippen LogP contribution in [0.2, 0.25) is 0 Å². The highest BCUT2D eigenvalue weighted by Crippen LogP contribution is 2.08. The van der Waals surface area contributed by atoms with Crippen LogP contribution in [0, 0.1) is 5.92 Å². The van der Waals surface area contributed by atoms with Gasteiger partial charge in [-0.15, -0.1) is 0 Å². The molecule has 0 aromatic carbocycles. The van der Waals surface area contributed by atoms with Crippen molar-refractivity contribution in [2.75, 3.05) is 26.2 Å². The monoisotopic (exact) mass is 269 g/mol. The Kier molecular flexibility index (Phi) is 7.39. The summed E-state index contributed by atoms with van der Waals surface area (Å²) in [5.41, 5.74) is 0. The molecule has 1 fully saturated rings. The van der Waals surface area contributed by atoms with Gasteiger partial charge in [0.05, 0.1) is 6.54 Å². The highest BCUT2D eigenvalue weighted by Gasteiger charge is 2.20. The summed E-state index contributed by atoms with van der Waals surface area (Å²) in [7, 11) is 0. The summed E-state index contributed by atoms with van der Waals surface area (Å²) in [6, 6.07) is 0.841. The maximum atomic E-state index is 12.0. The van der Waals surface area contributed by atoms with Gasteiger partial charge in [-0.25, -0.2) is 0 Å². The van der Waals surface area contributed by atoms with Gasteiger partial charge in [0.1, 0.15) is 0 Å². The van der Waals surface area contributed by atoms with Gasteiger partial charge in [-0.3, -0.25) is 9.69 Å². The molecule has 1 aliphatic rings. The Morgan fingerprint density at radius 3 is 2.68 bits per heavy atom. The van der Waals surface area contributed by atoms with E-state index in [1.807, 2.05) is 0 Å². The maximum Gasteiger partial charge on any atom is 0.234 e. The largest absolute Gasteiger partial charge is 0.353 e. The molecule has 4 nitrogen and oxygen atoms in total. The SMILES string of the molecule is CCC(C)NC(=O)CN(CC(C)C)CC1CCCN1. The van der Waals surface area contributed by atoms with E-state index in [1.54, 1.807) is 0 Å². The third-order valence-electron chi connectivity index (χ3n) is 3.65. The fourth-order valence-corrected chi connectivity index (χ4v) is 2.57. The van der Waals surface area contributed by atoms with Gasteiger partial charge >= 0.3 is 0 Å². The van der Waals surface area contributed by atoms with E-state index in [0.717, 1.165) is 26.1 Å². The van der Waals surface area contributed by atoms with Crippen LogP contribution in [-0.2, 0) is 4.79 Å². The van der Waals surface area contributed by atoms with E-state index in [0.29, 0.717) is 18.5 Å². The molecule has 4 heteroatoms. The zero-order chi connectivity index (χ0) is 14.3. The molecular formula is C15H31N3O.